The van der Waals surface area contributed by atoms with Crippen molar-refractivity contribution in [1.82, 2.24) is 14.1 Å². The number of hydrogen-bond donors (Lipinski definition) is 0. The van der Waals surface area contributed by atoms with Crippen LogP contribution >= 0.6 is 11.3 Å². The van der Waals surface area contributed by atoms with Gasteiger partial charge in [0.15, 0.2) is 5.76 Å². The number of rotatable bonds is 4. The van der Waals surface area contributed by atoms with Gasteiger partial charge in [0.1, 0.15) is 4.21 Å². The molecule has 0 bridgehead atoms. The van der Waals surface area contributed by atoms with Gasteiger partial charge in [-0.3, -0.25) is 9.59 Å². The average molecular weight is 440 g/mol. The molecule has 0 spiro atoms. The number of furan rings is 1. The third-order valence-corrected chi connectivity index (χ3v) is 8.29. The first-order chi connectivity index (χ1) is 14.0. The summed E-state index contributed by atoms with van der Waals surface area (Å²) < 4.78 is 37.8. The molecule has 9 nitrogen and oxygen atoms in total. The van der Waals surface area contributed by atoms with Crippen LogP contribution in [0.15, 0.2) is 38.5 Å². The maximum absolute atomic E-state index is 13.0. The highest BCUT2D eigenvalue weighted by Crippen LogP contribution is 2.26. The highest BCUT2D eigenvalue weighted by molar-refractivity contribution is 7.91. The summed E-state index contributed by atoms with van der Waals surface area (Å²) in [6.45, 7) is 2.93. The maximum Gasteiger partial charge on any atom is 0.289 e. The van der Waals surface area contributed by atoms with E-state index < -0.39 is 10.0 Å². The van der Waals surface area contributed by atoms with Crippen LogP contribution in [0.5, 0.6) is 0 Å². The summed E-state index contributed by atoms with van der Waals surface area (Å²) in [7, 11) is -3.71. The van der Waals surface area contributed by atoms with Gasteiger partial charge in [-0.2, -0.15) is 4.31 Å². The number of ether oxygens (including phenoxy) is 1. The van der Waals surface area contributed by atoms with Crippen molar-refractivity contribution in [2.45, 2.75) is 4.21 Å². The topological polar surface area (TPSA) is 100 Å². The number of hydrogen-bond acceptors (Lipinski definition) is 7. The van der Waals surface area contributed by atoms with E-state index in [1.54, 1.807) is 27.3 Å². The zero-order chi connectivity index (χ0) is 20.4. The fraction of sp³-hybridized carbons (Fsp3) is 0.444. The summed E-state index contributed by atoms with van der Waals surface area (Å²) in [6, 6.07) is 4.67. The Kier molecular flexibility index (Phi) is 5.72. The van der Waals surface area contributed by atoms with Crippen LogP contribution in [-0.2, 0) is 14.8 Å². The lowest BCUT2D eigenvalue weighted by Crippen LogP contribution is -2.50. The van der Waals surface area contributed by atoms with E-state index in [4.69, 9.17) is 9.15 Å². The molecule has 2 amide bonds. The molecule has 11 heteroatoms. The van der Waals surface area contributed by atoms with E-state index in [1.165, 1.54) is 16.6 Å². The largest absolute Gasteiger partial charge is 0.459 e. The van der Waals surface area contributed by atoms with Crippen molar-refractivity contribution in [2.75, 3.05) is 52.5 Å². The predicted molar refractivity (Wildman–Crippen MR) is 104 cm³/mol. The predicted octanol–water partition coefficient (Wildman–Crippen LogP) is 0.960. The van der Waals surface area contributed by atoms with Crippen molar-refractivity contribution in [3.63, 3.8) is 0 Å². The SMILES string of the molecule is O=C(c1csc(S(=O)(=O)N2CCN(C(=O)c3ccco3)CC2)c1)N1CCOCC1. The number of thiophene rings is 1. The minimum Gasteiger partial charge on any atom is -0.459 e. The van der Waals surface area contributed by atoms with E-state index >= 15 is 0 Å². The lowest BCUT2D eigenvalue weighted by atomic mass is 10.3. The number of morpholine rings is 1. The third kappa shape index (κ3) is 4.08. The average Bonchev–Trinajstić information content (AvgIpc) is 3.46. The van der Waals surface area contributed by atoms with Gasteiger partial charge in [0.05, 0.1) is 25.0 Å². The van der Waals surface area contributed by atoms with Gasteiger partial charge >= 0.3 is 0 Å². The molecule has 0 saturated carbocycles. The molecule has 0 atom stereocenters. The molecule has 2 aromatic heterocycles. The molecule has 2 aliphatic rings. The Morgan fingerprint density at radius 3 is 2.31 bits per heavy atom. The molecule has 0 N–H and O–H groups in total. The van der Waals surface area contributed by atoms with Crippen LogP contribution in [0.4, 0.5) is 0 Å². The van der Waals surface area contributed by atoms with Gasteiger partial charge < -0.3 is 19.0 Å². The van der Waals surface area contributed by atoms with E-state index in [2.05, 4.69) is 0 Å². The van der Waals surface area contributed by atoms with Crippen LogP contribution in [0.3, 0.4) is 0 Å². The second kappa shape index (κ2) is 8.27. The van der Waals surface area contributed by atoms with Crippen LogP contribution in [0.1, 0.15) is 20.9 Å². The van der Waals surface area contributed by atoms with Crippen LogP contribution in [0.2, 0.25) is 0 Å². The van der Waals surface area contributed by atoms with Crippen LogP contribution in [0.25, 0.3) is 0 Å². The molecule has 0 aromatic carbocycles. The Labute approximate surface area is 172 Å². The summed E-state index contributed by atoms with van der Waals surface area (Å²) in [5.41, 5.74) is 0.377. The number of piperazine rings is 1. The first kappa shape index (κ1) is 20.1. The summed E-state index contributed by atoms with van der Waals surface area (Å²) in [5.74, 6) is -0.188. The fourth-order valence-corrected chi connectivity index (χ4v) is 6.06. The van der Waals surface area contributed by atoms with E-state index in [-0.39, 0.29) is 48.0 Å². The van der Waals surface area contributed by atoms with Gasteiger partial charge in [0, 0.05) is 44.6 Å². The molecular formula is C18H21N3O6S2. The Balaban J connectivity index is 1.41. The highest BCUT2D eigenvalue weighted by atomic mass is 32.2. The molecule has 4 rings (SSSR count). The summed E-state index contributed by atoms with van der Waals surface area (Å²) in [5, 5.41) is 1.58. The van der Waals surface area contributed by atoms with Crippen LogP contribution in [-0.4, -0.2) is 86.8 Å². The van der Waals surface area contributed by atoms with E-state index in [0.717, 1.165) is 11.3 Å². The quantitative estimate of drug-likeness (QED) is 0.704. The van der Waals surface area contributed by atoms with E-state index in [9.17, 15) is 18.0 Å². The van der Waals surface area contributed by atoms with Crippen molar-refractivity contribution >= 4 is 33.2 Å². The lowest BCUT2D eigenvalue weighted by Gasteiger charge is -2.33. The highest BCUT2D eigenvalue weighted by Gasteiger charge is 2.32. The van der Waals surface area contributed by atoms with Crippen LogP contribution < -0.4 is 0 Å². The molecule has 0 aliphatic carbocycles. The Morgan fingerprint density at radius 1 is 0.966 bits per heavy atom. The normalized spacial score (nSPS) is 18.8. The van der Waals surface area contributed by atoms with Gasteiger partial charge in [-0.1, -0.05) is 0 Å². The molecule has 2 saturated heterocycles. The third-order valence-electron chi connectivity index (χ3n) is 4.97. The Morgan fingerprint density at radius 2 is 1.66 bits per heavy atom. The molecule has 0 radical (unpaired) electrons. The van der Waals surface area contributed by atoms with Crippen molar-refractivity contribution in [2.24, 2.45) is 0 Å². The van der Waals surface area contributed by atoms with Gasteiger partial charge in [0.25, 0.3) is 21.8 Å². The second-order valence-electron chi connectivity index (χ2n) is 6.73. The molecular weight excluding hydrogens is 418 g/mol. The first-order valence-corrected chi connectivity index (χ1v) is 11.6. The molecule has 0 unspecified atom stereocenters. The molecule has 2 aromatic rings. The first-order valence-electron chi connectivity index (χ1n) is 9.25. The number of carbonyl (C=O) groups is 2. The minimum absolute atomic E-state index is 0.139. The van der Waals surface area contributed by atoms with Crippen molar-refractivity contribution in [1.29, 1.82) is 0 Å². The van der Waals surface area contributed by atoms with Gasteiger partial charge in [0.2, 0.25) is 0 Å². The second-order valence-corrected chi connectivity index (χ2v) is 9.81. The summed E-state index contributed by atoms with van der Waals surface area (Å²) >= 11 is 1.04. The smallest absolute Gasteiger partial charge is 0.289 e. The number of carbonyl (C=O) groups excluding carboxylic acids is 2. The number of nitrogens with zero attached hydrogens (tertiary/aromatic N) is 3. The fourth-order valence-electron chi connectivity index (χ4n) is 3.33. The van der Waals surface area contributed by atoms with Crippen LogP contribution in [0, 0.1) is 0 Å². The Hall–Kier alpha value is -2.21. The van der Waals surface area contributed by atoms with Crippen molar-refractivity contribution < 1.29 is 27.2 Å². The molecule has 29 heavy (non-hydrogen) atoms. The van der Waals surface area contributed by atoms with E-state index in [0.29, 0.717) is 31.9 Å². The van der Waals surface area contributed by atoms with Crippen molar-refractivity contribution in [3.8, 4) is 0 Å². The van der Waals surface area contributed by atoms with Gasteiger partial charge in [-0.25, -0.2) is 8.42 Å². The molecule has 2 aliphatic heterocycles. The summed E-state index contributed by atoms with van der Waals surface area (Å²) in [4.78, 5) is 28.1. The molecule has 156 valence electrons. The summed E-state index contributed by atoms with van der Waals surface area (Å²) in [6.07, 6.45) is 1.43. The van der Waals surface area contributed by atoms with E-state index in [1.807, 2.05) is 0 Å². The number of sulfonamides is 1. The van der Waals surface area contributed by atoms with Crippen molar-refractivity contribution in [3.05, 3.63) is 41.2 Å². The standard InChI is InChI=1S/C18H21N3O6S2/c22-17(20-7-10-26-11-8-20)14-12-16(28-13-14)29(24,25)21-5-3-19(4-6-21)18(23)15-2-1-9-27-15/h1-2,9,12-13H,3-8,10-11H2. The maximum atomic E-state index is 13.0. The lowest BCUT2D eigenvalue weighted by molar-refractivity contribution is 0.0303. The zero-order valence-electron chi connectivity index (χ0n) is 15.7. The minimum atomic E-state index is -3.71. The number of amides is 2. The monoisotopic (exact) mass is 439 g/mol. The Bertz CT molecular complexity index is 971. The molecule has 2 fully saturated rings. The molecule has 4 heterocycles. The van der Waals surface area contributed by atoms with Gasteiger partial charge in [-0.15, -0.1) is 11.3 Å². The van der Waals surface area contributed by atoms with Gasteiger partial charge in [-0.05, 0) is 18.2 Å². The zero-order valence-corrected chi connectivity index (χ0v) is 17.3.